The first-order valence-corrected chi connectivity index (χ1v) is 12.5. The molecule has 5 rings (SSSR count). The van der Waals surface area contributed by atoms with Gasteiger partial charge in [0.1, 0.15) is 11.9 Å². The van der Waals surface area contributed by atoms with Crippen LogP contribution in [0.25, 0.3) is 10.8 Å². The Labute approximate surface area is 212 Å². The zero-order chi connectivity index (χ0) is 24.9. The van der Waals surface area contributed by atoms with Gasteiger partial charge in [0.2, 0.25) is 0 Å². The van der Waals surface area contributed by atoms with Gasteiger partial charge in [0, 0.05) is 5.69 Å². The molecule has 36 heavy (non-hydrogen) atoms. The van der Waals surface area contributed by atoms with Crippen molar-refractivity contribution in [2.45, 2.75) is 25.9 Å². The molecule has 1 aliphatic heterocycles. The molecule has 0 saturated heterocycles. The van der Waals surface area contributed by atoms with E-state index in [0.717, 1.165) is 48.6 Å². The highest BCUT2D eigenvalue weighted by Crippen LogP contribution is 2.39. The first kappa shape index (κ1) is 23.9. The van der Waals surface area contributed by atoms with Crippen LogP contribution < -0.4 is 15.0 Å². The largest absolute Gasteiger partial charge is 0.486 e. The Bertz CT molecular complexity index is 1360. The fourth-order valence-electron chi connectivity index (χ4n) is 4.92. The SMILES string of the molecule is COC(=O)c1cc(N2C[C@@H](CCNCCc3cccc4ccccc34)Oc3ccccc32)ccc1C. The molecule has 1 N–H and O–H groups in total. The number of methoxy groups -OCH3 is 1. The summed E-state index contributed by atoms with van der Waals surface area (Å²) in [5.41, 5.74) is 4.84. The number of carbonyl (C=O) groups is 1. The molecule has 0 aliphatic carbocycles. The van der Waals surface area contributed by atoms with Crippen LogP contribution in [0.15, 0.2) is 84.9 Å². The van der Waals surface area contributed by atoms with Crippen molar-refractivity contribution >= 4 is 28.1 Å². The molecule has 1 heterocycles. The third-order valence-electron chi connectivity index (χ3n) is 6.87. The molecule has 5 heteroatoms. The van der Waals surface area contributed by atoms with Crippen molar-refractivity contribution in [3.8, 4) is 5.75 Å². The number of nitrogens with zero attached hydrogens (tertiary/aromatic N) is 1. The van der Waals surface area contributed by atoms with Gasteiger partial charge >= 0.3 is 5.97 Å². The predicted octanol–water partition coefficient (Wildman–Crippen LogP) is 6.06. The topological polar surface area (TPSA) is 50.8 Å². The van der Waals surface area contributed by atoms with E-state index in [0.29, 0.717) is 12.1 Å². The second-order valence-electron chi connectivity index (χ2n) is 9.24. The standard InChI is InChI=1S/C31H32N2O3/c1-22-14-15-25(20-28(22)31(34)35-2)33-21-26(36-30-13-6-5-12-29(30)33)17-19-32-18-16-24-10-7-9-23-8-3-4-11-27(23)24/h3-15,20,26,32H,16-19,21H2,1-2H3/t26-/m1/s1. The Balaban J connectivity index is 1.24. The van der Waals surface area contributed by atoms with E-state index < -0.39 is 0 Å². The van der Waals surface area contributed by atoms with Gasteiger partial charge in [0.25, 0.3) is 0 Å². The Kier molecular flexibility index (Phi) is 7.19. The van der Waals surface area contributed by atoms with Gasteiger partial charge in [0.15, 0.2) is 0 Å². The van der Waals surface area contributed by atoms with Gasteiger partial charge in [-0.3, -0.25) is 0 Å². The molecule has 0 saturated carbocycles. The molecule has 4 aromatic carbocycles. The highest BCUT2D eigenvalue weighted by atomic mass is 16.5. The number of esters is 1. The summed E-state index contributed by atoms with van der Waals surface area (Å²) in [6.45, 7) is 4.43. The van der Waals surface area contributed by atoms with Crippen molar-refractivity contribution in [1.29, 1.82) is 0 Å². The molecule has 1 atom stereocenters. The zero-order valence-electron chi connectivity index (χ0n) is 20.9. The van der Waals surface area contributed by atoms with Crippen LogP contribution in [0.4, 0.5) is 11.4 Å². The number of anilines is 2. The van der Waals surface area contributed by atoms with Crippen LogP contribution in [-0.2, 0) is 11.2 Å². The predicted molar refractivity (Wildman–Crippen MR) is 146 cm³/mol. The van der Waals surface area contributed by atoms with Crippen molar-refractivity contribution in [2.75, 3.05) is 31.6 Å². The van der Waals surface area contributed by atoms with Gasteiger partial charge in [-0.1, -0.05) is 60.7 Å². The average molecular weight is 481 g/mol. The second-order valence-corrected chi connectivity index (χ2v) is 9.24. The summed E-state index contributed by atoms with van der Waals surface area (Å²) in [4.78, 5) is 14.5. The number of fused-ring (bicyclic) bond motifs is 2. The van der Waals surface area contributed by atoms with Crippen LogP contribution in [0.1, 0.15) is 27.9 Å². The van der Waals surface area contributed by atoms with Crippen LogP contribution in [0.2, 0.25) is 0 Å². The first-order valence-electron chi connectivity index (χ1n) is 12.5. The molecule has 0 spiro atoms. The van der Waals surface area contributed by atoms with Crippen LogP contribution in [0.3, 0.4) is 0 Å². The summed E-state index contributed by atoms with van der Waals surface area (Å²) in [6.07, 6.45) is 1.91. The molecule has 0 radical (unpaired) electrons. The lowest BCUT2D eigenvalue weighted by Gasteiger charge is -2.36. The van der Waals surface area contributed by atoms with Gasteiger partial charge in [-0.25, -0.2) is 4.79 Å². The Morgan fingerprint density at radius 1 is 1.00 bits per heavy atom. The van der Waals surface area contributed by atoms with Crippen LogP contribution in [0.5, 0.6) is 5.75 Å². The maximum Gasteiger partial charge on any atom is 0.338 e. The highest BCUT2D eigenvalue weighted by molar-refractivity contribution is 5.92. The molecule has 1 aliphatic rings. The highest BCUT2D eigenvalue weighted by Gasteiger charge is 2.27. The summed E-state index contributed by atoms with van der Waals surface area (Å²) >= 11 is 0. The van der Waals surface area contributed by atoms with E-state index in [1.54, 1.807) is 0 Å². The number of aryl methyl sites for hydroxylation is 1. The van der Waals surface area contributed by atoms with E-state index in [-0.39, 0.29) is 12.1 Å². The molecule has 0 unspecified atom stereocenters. The number of nitrogens with one attached hydrogen (secondary N) is 1. The van der Waals surface area contributed by atoms with Crippen molar-refractivity contribution in [3.05, 3.63) is 102 Å². The van der Waals surface area contributed by atoms with Crippen LogP contribution >= 0.6 is 0 Å². The first-order chi connectivity index (χ1) is 17.6. The van der Waals surface area contributed by atoms with Crippen LogP contribution in [0, 0.1) is 6.92 Å². The molecule has 0 amide bonds. The molecule has 0 bridgehead atoms. The fourth-order valence-corrected chi connectivity index (χ4v) is 4.92. The van der Waals surface area contributed by atoms with E-state index in [1.165, 1.54) is 23.4 Å². The molecule has 5 nitrogen and oxygen atoms in total. The van der Waals surface area contributed by atoms with Crippen molar-refractivity contribution in [2.24, 2.45) is 0 Å². The number of ether oxygens (including phenoxy) is 2. The fraction of sp³-hybridized carbons (Fsp3) is 0.258. The van der Waals surface area contributed by atoms with E-state index in [9.17, 15) is 4.79 Å². The Morgan fingerprint density at radius 2 is 1.81 bits per heavy atom. The Morgan fingerprint density at radius 3 is 2.69 bits per heavy atom. The molecular formula is C31H32N2O3. The lowest BCUT2D eigenvalue weighted by atomic mass is 10.0. The maximum atomic E-state index is 12.3. The summed E-state index contributed by atoms with van der Waals surface area (Å²) < 4.78 is 11.3. The van der Waals surface area contributed by atoms with E-state index in [2.05, 4.69) is 64.8 Å². The zero-order valence-corrected chi connectivity index (χ0v) is 20.9. The number of rotatable bonds is 8. The summed E-state index contributed by atoms with van der Waals surface area (Å²) in [5, 5.41) is 6.22. The summed E-state index contributed by atoms with van der Waals surface area (Å²) in [6, 6.07) is 29.1. The third kappa shape index (κ3) is 5.07. The summed E-state index contributed by atoms with van der Waals surface area (Å²) in [7, 11) is 1.42. The van der Waals surface area contributed by atoms with Gasteiger partial charge in [-0.05, 0) is 79.0 Å². The maximum absolute atomic E-state index is 12.3. The van der Waals surface area contributed by atoms with E-state index in [1.807, 2.05) is 37.3 Å². The lowest BCUT2D eigenvalue weighted by molar-refractivity contribution is 0.0600. The monoisotopic (exact) mass is 480 g/mol. The molecular weight excluding hydrogens is 448 g/mol. The second kappa shape index (κ2) is 10.8. The minimum absolute atomic E-state index is 0.0350. The number of para-hydroxylation sites is 2. The smallest absolute Gasteiger partial charge is 0.338 e. The molecule has 0 fully saturated rings. The number of hydrogen-bond acceptors (Lipinski definition) is 5. The van der Waals surface area contributed by atoms with Crippen molar-refractivity contribution < 1.29 is 14.3 Å². The molecule has 4 aromatic rings. The summed E-state index contributed by atoms with van der Waals surface area (Å²) in [5.74, 6) is 0.549. The van der Waals surface area contributed by atoms with Gasteiger partial charge in [0.05, 0.1) is 24.9 Å². The number of carbonyl (C=O) groups excluding carboxylic acids is 1. The quantitative estimate of drug-likeness (QED) is 0.246. The average Bonchev–Trinajstić information content (AvgIpc) is 2.92. The number of hydrogen-bond donors (Lipinski definition) is 1. The van der Waals surface area contributed by atoms with E-state index >= 15 is 0 Å². The molecule has 184 valence electrons. The van der Waals surface area contributed by atoms with Crippen LogP contribution in [-0.4, -0.2) is 38.8 Å². The third-order valence-corrected chi connectivity index (χ3v) is 6.87. The van der Waals surface area contributed by atoms with E-state index in [4.69, 9.17) is 9.47 Å². The number of benzene rings is 4. The van der Waals surface area contributed by atoms with Crippen molar-refractivity contribution in [1.82, 2.24) is 5.32 Å². The minimum atomic E-state index is -0.317. The molecule has 0 aromatic heterocycles. The normalized spacial score (nSPS) is 14.8. The van der Waals surface area contributed by atoms with Gasteiger partial charge < -0.3 is 19.7 Å². The van der Waals surface area contributed by atoms with Gasteiger partial charge in [-0.15, -0.1) is 0 Å². The minimum Gasteiger partial charge on any atom is -0.486 e. The van der Waals surface area contributed by atoms with Gasteiger partial charge in [-0.2, -0.15) is 0 Å². The van der Waals surface area contributed by atoms with Crippen molar-refractivity contribution in [3.63, 3.8) is 0 Å². The Hall–Kier alpha value is -3.83. The lowest BCUT2D eigenvalue weighted by Crippen LogP contribution is -2.39.